The van der Waals surface area contributed by atoms with Crippen LogP contribution in [0.1, 0.15) is 42.7 Å². The third kappa shape index (κ3) is 2.50. The van der Waals surface area contributed by atoms with Crippen LogP contribution in [0.25, 0.3) is 5.69 Å². The van der Waals surface area contributed by atoms with Crippen molar-refractivity contribution >= 4 is 0 Å². The first-order valence-electron chi connectivity index (χ1n) is 6.98. The zero-order valence-electron chi connectivity index (χ0n) is 12.2. The van der Waals surface area contributed by atoms with Gasteiger partial charge in [0.2, 0.25) is 0 Å². The van der Waals surface area contributed by atoms with Crippen LogP contribution in [0, 0.1) is 13.8 Å². The molecule has 0 bridgehead atoms. The molecule has 0 unspecified atom stereocenters. The highest BCUT2D eigenvalue weighted by molar-refractivity contribution is 5.40. The SMILES string of the molecule is CCCc1c(CC)[nH]n(-c2ccc(C)c(C)c2)c1=O. The summed E-state index contributed by atoms with van der Waals surface area (Å²) in [5.41, 5.74) is 5.46. The van der Waals surface area contributed by atoms with E-state index < -0.39 is 0 Å². The summed E-state index contributed by atoms with van der Waals surface area (Å²) in [6.07, 6.45) is 2.70. The first-order chi connectivity index (χ1) is 9.08. The quantitative estimate of drug-likeness (QED) is 0.897. The van der Waals surface area contributed by atoms with Gasteiger partial charge in [-0.2, -0.15) is 0 Å². The van der Waals surface area contributed by atoms with Crippen LogP contribution < -0.4 is 5.56 Å². The standard InChI is InChI=1S/C16H22N2O/c1-5-7-14-15(6-2)17-18(16(14)19)13-9-8-11(3)12(4)10-13/h8-10,17H,5-7H2,1-4H3. The van der Waals surface area contributed by atoms with Gasteiger partial charge in [-0.1, -0.05) is 26.3 Å². The first kappa shape index (κ1) is 13.7. The van der Waals surface area contributed by atoms with Crippen molar-refractivity contribution < 1.29 is 0 Å². The van der Waals surface area contributed by atoms with E-state index in [4.69, 9.17) is 0 Å². The van der Waals surface area contributed by atoms with E-state index in [1.165, 1.54) is 11.1 Å². The summed E-state index contributed by atoms with van der Waals surface area (Å²) in [6, 6.07) is 6.11. The highest BCUT2D eigenvalue weighted by atomic mass is 16.1. The molecule has 0 aliphatic heterocycles. The second-order valence-corrected chi connectivity index (χ2v) is 5.08. The molecule has 0 aliphatic rings. The molecule has 0 saturated carbocycles. The third-order valence-corrected chi connectivity index (χ3v) is 3.67. The first-order valence-corrected chi connectivity index (χ1v) is 6.98. The number of hydrogen-bond acceptors (Lipinski definition) is 1. The Morgan fingerprint density at radius 2 is 1.89 bits per heavy atom. The summed E-state index contributed by atoms with van der Waals surface area (Å²) >= 11 is 0. The Morgan fingerprint density at radius 1 is 1.16 bits per heavy atom. The number of rotatable bonds is 4. The predicted octanol–water partition coefficient (Wildman–Crippen LogP) is 3.30. The molecule has 0 aliphatic carbocycles. The number of benzene rings is 1. The number of H-pyrrole nitrogens is 1. The van der Waals surface area contributed by atoms with Gasteiger partial charge in [-0.25, -0.2) is 4.68 Å². The lowest BCUT2D eigenvalue weighted by molar-refractivity contribution is 0.818. The van der Waals surface area contributed by atoms with E-state index in [0.29, 0.717) is 0 Å². The zero-order valence-corrected chi connectivity index (χ0v) is 12.2. The Morgan fingerprint density at radius 3 is 2.47 bits per heavy atom. The molecule has 19 heavy (non-hydrogen) atoms. The molecule has 0 fully saturated rings. The van der Waals surface area contributed by atoms with Crippen molar-refractivity contribution in [1.82, 2.24) is 9.78 Å². The molecule has 0 atom stereocenters. The lowest BCUT2D eigenvalue weighted by Crippen LogP contribution is -2.17. The van der Waals surface area contributed by atoms with E-state index in [2.05, 4.69) is 44.9 Å². The Balaban J connectivity index is 2.56. The monoisotopic (exact) mass is 258 g/mol. The smallest absolute Gasteiger partial charge is 0.274 e. The fourth-order valence-corrected chi connectivity index (χ4v) is 2.36. The van der Waals surface area contributed by atoms with Crippen molar-refractivity contribution in [2.75, 3.05) is 0 Å². The number of aromatic amines is 1. The van der Waals surface area contributed by atoms with E-state index in [1.807, 2.05) is 6.07 Å². The van der Waals surface area contributed by atoms with Gasteiger partial charge in [0.05, 0.1) is 5.69 Å². The molecular formula is C16H22N2O. The van der Waals surface area contributed by atoms with Crippen molar-refractivity contribution in [3.05, 3.63) is 50.9 Å². The Hall–Kier alpha value is -1.77. The minimum Gasteiger partial charge on any atom is -0.295 e. The summed E-state index contributed by atoms with van der Waals surface area (Å²) in [5.74, 6) is 0. The minimum absolute atomic E-state index is 0.0990. The molecule has 102 valence electrons. The molecule has 0 saturated heterocycles. The highest BCUT2D eigenvalue weighted by Gasteiger charge is 2.13. The topological polar surface area (TPSA) is 37.8 Å². The maximum Gasteiger partial charge on any atom is 0.274 e. The minimum atomic E-state index is 0.0990. The van der Waals surface area contributed by atoms with Gasteiger partial charge >= 0.3 is 0 Å². The van der Waals surface area contributed by atoms with Crippen LogP contribution in [-0.4, -0.2) is 9.78 Å². The van der Waals surface area contributed by atoms with Crippen molar-refractivity contribution in [3.8, 4) is 5.69 Å². The van der Waals surface area contributed by atoms with Gasteiger partial charge in [0, 0.05) is 11.3 Å². The van der Waals surface area contributed by atoms with Gasteiger partial charge in [-0.15, -0.1) is 0 Å². The molecule has 0 radical (unpaired) electrons. The number of nitrogens with zero attached hydrogens (tertiary/aromatic N) is 1. The summed E-state index contributed by atoms with van der Waals surface area (Å²) in [4.78, 5) is 12.5. The second kappa shape index (κ2) is 5.47. The van der Waals surface area contributed by atoms with Gasteiger partial charge < -0.3 is 0 Å². The third-order valence-electron chi connectivity index (χ3n) is 3.67. The predicted molar refractivity (Wildman–Crippen MR) is 79.2 cm³/mol. The average molecular weight is 258 g/mol. The maximum absolute atomic E-state index is 12.5. The molecule has 1 aromatic carbocycles. The van der Waals surface area contributed by atoms with Crippen LogP contribution in [0.5, 0.6) is 0 Å². The van der Waals surface area contributed by atoms with E-state index in [9.17, 15) is 4.79 Å². The fourth-order valence-electron chi connectivity index (χ4n) is 2.36. The number of nitrogens with one attached hydrogen (secondary N) is 1. The van der Waals surface area contributed by atoms with Crippen LogP contribution in [0.2, 0.25) is 0 Å². The molecule has 0 amide bonds. The van der Waals surface area contributed by atoms with Crippen LogP contribution in [0.15, 0.2) is 23.0 Å². The van der Waals surface area contributed by atoms with Crippen LogP contribution in [-0.2, 0) is 12.8 Å². The van der Waals surface area contributed by atoms with Crippen molar-refractivity contribution in [2.24, 2.45) is 0 Å². The van der Waals surface area contributed by atoms with E-state index in [0.717, 1.165) is 36.2 Å². The number of aryl methyl sites for hydroxylation is 3. The Kier molecular flexibility index (Phi) is 3.93. The van der Waals surface area contributed by atoms with Gasteiger partial charge in [-0.05, 0) is 49.9 Å². The van der Waals surface area contributed by atoms with E-state index >= 15 is 0 Å². The fraction of sp³-hybridized carbons (Fsp3) is 0.438. The largest absolute Gasteiger partial charge is 0.295 e. The Labute approximate surface area is 114 Å². The lowest BCUT2D eigenvalue weighted by atomic mass is 10.1. The van der Waals surface area contributed by atoms with E-state index in [-0.39, 0.29) is 5.56 Å². The zero-order chi connectivity index (χ0) is 14.0. The highest BCUT2D eigenvalue weighted by Crippen LogP contribution is 2.14. The van der Waals surface area contributed by atoms with E-state index in [1.54, 1.807) is 4.68 Å². The van der Waals surface area contributed by atoms with Crippen molar-refractivity contribution in [3.63, 3.8) is 0 Å². The van der Waals surface area contributed by atoms with Crippen molar-refractivity contribution in [2.45, 2.75) is 47.0 Å². The van der Waals surface area contributed by atoms with Crippen LogP contribution in [0.3, 0.4) is 0 Å². The molecule has 2 rings (SSSR count). The van der Waals surface area contributed by atoms with Crippen molar-refractivity contribution in [1.29, 1.82) is 0 Å². The summed E-state index contributed by atoms with van der Waals surface area (Å²) in [7, 11) is 0. The van der Waals surface area contributed by atoms with Crippen LogP contribution in [0.4, 0.5) is 0 Å². The molecule has 1 aromatic heterocycles. The number of hydrogen-bond donors (Lipinski definition) is 1. The second-order valence-electron chi connectivity index (χ2n) is 5.08. The van der Waals surface area contributed by atoms with Gasteiger partial charge in [0.1, 0.15) is 0 Å². The molecule has 0 spiro atoms. The molecule has 1 heterocycles. The summed E-state index contributed by atoms with van der Waals surface area (Å²) in [5, 5.41) is 3.25. The number of aromatic nitrogens is 2. The molecular weight excluding hydrogens is 236 g/mol. The van der Waals surface area contributed by atoms with Gasteiger partial charge in [0.25, 0.3) is 5.56 Å². The molecule has 1 N–H and O–H groups in total. The maximum atomic E-state index is 12.5. The average Bonchev–Trinajstić information content (AvgIpc) is 2.71. The summed E-state index contributed by atoms with van der Waals surface area (Å²) in [6.45, 7) is 8.33. The molecule has 2 aromatic rings. The summed E-state index contributed by atoms with van der Waals surface area (Å²) < 4.78 is 1.68. The molecule has 3 nitrogen and oxygen atoms in total. The van der Waals surface area contributed by atoms with Gasteiger partial charge in [-0.3, -0.25) is 9.89 Å². The lowest BCUT2D eigenvalue weighted by Gasteiger charge is -2.05. The van der Waals surface area contributed by atoms with Crippen LogP contribution >= 0.6 is 0 Å². The van der Waals surface area contributed by atoms with Gasteiger partial charge in [0.15, 0.2) is 0 Å². The Bertz CT molecular complexity index is 635. The normalized spacial score (nSPS) is 10.9. The molecule has 3 heteroatoms.